The van der Waals surface area contributed by atoms with E-state index in [1.165, 1.54) is 11.1 Å². The van der Waals surface area contributed by atoms with Crippen molar-refractivity contribution in [2.75, 3.05) is 5.32 Å². The topological polar surface area (TPSA) is 35.8 Å². The summed E-state index contributed by atoms with van der Waals surface area (Å²) >= 11 is 0. The molecule has 0 aliphatic carbocycles. The molecule has 1 aromatic rings. The summed E-state index contributed by atoms with van der Waals surface area (Å²) in [7, 11) is 0. The summed E-state index contributed by atoms with van der Waals surface area (Å²) in [5, 5.41) is 11.9. The second-order valence-electron chi connectivity index (χ2n) is 4.83. The second kappa shape index (κ2) is 8.16. The predicted molar refractivity (Wildman–Crippen MR) is 81.5 cm³/mol. The first-order chi connectivity index (χ1) is 9.11. The molecule has 1 rings (SSSR count). The molecule has 2 heteroatoms. The molecule has 0 unspecified atom stereocenters. The molecule has 19 heavy (non-hydrogen) atoms. The fourth-order valence-electron chi connectivity index (χ4n) is 1.59. The zero-order valence-electron chi connectivity index (χ0n) is 11.9. The van der Waals surface area contributed by atoms with Gasteiger partial charge in [-0.25, -0.2) is 0 Å². The Bertz CT molecular complexity index is 483. The highest BCUT2D eigenvalue weighted by atomic mass is 14.8. The maximum atomic E-state index is 8.71. The number of nitrogens with zero attached hydrogens (tertiary/aromatic N) is 1. The summed E-state index contributed by atoms with van der Waals surface area (Å²) in [6, 6.07) is 9.53. The van der Waals surface area contributed by atoms with Crippen molar-refractivity contribution in [3.8, 4) is 6.07 Å². The molecule has 0 amide bonds. The minimum absolute atomic E-state index is 0.680. The van der Waals surface area contributed by atoms with Crippen LogP contribution < -0.4 is 5.32 Å². The lowest BCUT2D eigenvalue weighted by molar-refractivity contribution is 0.964. The van der Waals surface area contributed by atoms with Gasteiger partial charge in [-0.05, 0) is 57.9 Å². The predicted octanol–water partition coefficient (Wildman–Crippen LogP) is 4.82. The highest BCUT2D eigenvalue weighted by Crippen LogP contribution is 2.11. The highest BCUT2D eigenvalue weighted by Gasteiger charge is 1.93. The number of hydrogen-bond acceptors (Lipinski definition) is 2. The highest BCUT2D eigenvalue weighted by molar-refractivity contribution is 5.49. The molecule has 1 N–H and O–H groups in total. The Balaban J connectivity index is 2.35. The van der Waals surface area contributed by atoms with Crippen molar-refractivity contribution in [2.24, 2.45) is 0 Å². The fraction of sp³-hybridized carbons (Fsp3) is 0.294. The SMILES string of the molecule is CC(C)=CCC/C(C)=C/[CH]Nc1ccc(C#N)cc1. The number of nitrogens with one attached hydrogen (secondary N) is 1. The molecule has 0 saturated carbocycles. The van der Waals surface area contributed by atoms with Crippen LogP contribution in [0.1, 0.15) is 39.2 Å². The molecule has 1 radical (unpaired) electrons. The lowest BCUT2D eigenvalue weighted by atomic mass is 10.1. The quantitative estimate of drug-likeness (QED) is 0.737. The van der Waals surface area contributed by atoms with E-state index in [0.717, 1.165) is 18.5 Å². The molecule has 0 atom stereocenters. The third kappa shape index (κ3) is 6.47. The van der Waals surface area contributed by atoms with Gasteiger partial charge in [-0.15, -0.1) is 0 Å². The van der Waals surface area contributed by atoms with Gasteiger partial charge < -0.3 is 5.32 Å². The van der Waals surface area contributed by atoms with Gasteiger partial charge in [-0.1, -0.05) is 23.3 Å². The Morgan fingerprint density at radius 2 is 1.89 bits per heavy atom. The third-order valence-corrected chi connectivity index (χ3v) is 2.72. The summed E-state index contributed by atoms with van der Waals surface area (Å²) in [6.45, 7) is 8.32. The molecular formula is C17H21N2. The van der Waals surface area contributed by atoms with Crippen molar-refractivity contribution < 1.29 is 0 Å². The number of hydrogen-bond donors (Lipinski definition) is 1. The molecule has 0 aliphatic rings. The van der Waals surface area contributed by atoms with E-state index in [9.17, 15) is 0 Å². The number of benzene rings is 1. The van der Waals surface area contributed by atoms with Gasteiger partial charge in [0.15, 0.2) is 0 Å². The standard InChI is InChI=1S/C17H21N2/c1-14(2)5-4-6-15(3)11-12-19-17-9-7-16(13-18)8-10-17/h5,7-12,19H,4,6H2,1-3H3/b15-11+. The minimum Gasteiger partial charge on any atom is -0.376 e. The molecule has 0 aliphatic heterocycles. The van der Waals surface area contributed by atoms with E-state index in [-0.39, 0.29) is 0 Å². The molecule has 0 spiro atoms. The Labute approximate surface area is 116 Å². The minimum atomic E-state index is 0.680. The molecule has 2 nitrogen and oxygen atoms in total. The van der Waals surface area contributed by atoms with Crippen LogP contribution in [-0.4, -0.2) is 0 Å². The largest absolute Gasteiger partial charge is 0.376 e. The van der Waals surface area contributed by atoms with E-state index in [1.54, 1.807) is 0 Å². The van der Waals surface area contributed by atoms with Crippen molar-refractivity contribution in [3.05, 3.63) is 59.7 Å². The molecule has 0 heterocycles. The van der Waals surface area contributed by atoms with Crippen LogP contribution in [-0.2, 0) is 0 Å². The number of anilines is 1. The van der Waals surface area contributed by atoms with Gasteiger partial charge in [-0.3, -0.25) is 0 Å². The Morgan fingerprint density at radius 1 is 1.21 bits per heavy atom. The van der Waals surface area contributed by atoms with Crippen LogP contribution in [0.15, 0.2) is 47.6 Å². The van der Waals surface area contributed by atoms with E-state index < -0.39 is 0 Å². The van der Waals surface area contributed by atoms with Crippen LogP contribution in [0.5, 0.6) is 0 Å². The van der Waals surface area contributed by atoms with Crippen LogP contribution in [0.2, 0.25) is 0 Å². The van der Waals surface area contributed by atoms with E-state index in [1.807, 2.05) is 30.8 Å². The zero-order valence-corrected chi connectivity index (χ0v) is 11.9. The van der Waals surface area contributed by atoms with E-state index in [4.69, 9.17) is 5.26 Å². The summed E-state index contributed by atoms with van der Waals surface area (Å²) in [6.07, 6.45) is 6.52. The average molecular weight is 253 g/mol. The van der Waals surface area contributed by atoms with Gasteiger partial charge in [0.25, 0.3) is 0 Å². The van der Waals surface area contributed by atoms with Crippen LogP contribution >= 0.6 is 0 Å². The summed E-state index contributed by atoms with van der Waals surface area (Å²) in [5.41, 5.74) is 4.39. The van der Waals surface area contributed by atoms with Crippen molar-refractivity contribution in [1.82, 2.24) is 0 Å². The fourth-order valence-corrected chi connectivity index (χ4v) is 1.59. The maximum Gasteiger partial charge on any atom is 0.0991 e. The number of rotatable bonds is 6. The van der Waals surface area contributed by atoms with Crippen molar-refractivity contribution in [2.45, 2.75) is 33.6 Å². The van der Waals surface area contributed by atoms with Crippen LogP contribution in [0.3, 0.4) is 0 Å². The molecule has 0 aromatic heterocycles. The average Bonchev–Trinajstić information content (AvgIpc) is 2.39. The third-order valence-electron chi connectivity index (χ3n) is 2.72. The van der Waals surface area contributed by atoms with Crippen LogP contribution in [0, 0.1) is 17.9 Å². The first-order valence-corrected chi connectivity index (χ1v) is 6.51. The van der Waals surface area contributed by atoms with Crippen molar-refractivity contribution >= 4 is 5.69 Å². The van der Waals surface area contributed by atoms with Crippen molar-refractivity contribution in [1.29, 1.82) is 5.26 Å². The van der Waals surface area contributed by atoms with Gasteiger partial charge >= 0.3 is 0 Å². The van der Waals surface area contributed by atoms with Crippen molar-refractivity contribution in [3.63, 3.8) is 0 Å². The monoisotopic (exact) mass is 253 g/mol. The number of nitriles is 1. The number of allylic oxidation sites excluding steroid dienone is 3. The second-order valence-corrected chi connectivity index (χ2v) is 4.83. The van der Waals surface area contributed by atoms with E-state index in [2.05, 4.69) is 44.3 Å². The van der Waals surface area contributed by atoms with Gasteiger partial charge in [-0.2, -0.15) is 5.26 Å². The Morgan fingerprint density at radius 3 is 2.47 bits per heavy atom. The first kappa shape index (κ1) is 15.0. The Kier molecular flexibility index (Phi) is 6.46. The first-order valence-electron chi connectivity index (χ1n) is 6.51. The molecule has 1 aromatic carbocycles. The normalized spacial score (nSPS) is 10.7. The summed E-state index contributed by atoms with van der Waals surface area (Å²) in [5.74, 6) is 0. The van der Waals surface area contributed by atoms with Gasteiger partial charge in [0, 0.05) is 5.69 Å². The summed E-state index contributed by atoms with van der Waals surface area (Å²) in [4.78, 5) is 0. The van der Waals surface area contributed by atoms with Gasteiger partial charge in [0.2, 0.25) is 0 Å². The van der Waals surface area contributed by atoms with Crippen LogP contribution in [0.25, 0.3) is 0 Å². The maximum absolute atomic E-state index is 8.71. The molecule has 99 valence electrons. The molecule has 0 saturated heterocycles. The zero-order chi connectivity index (χ0) is 14.1. The lowest BCUT2D eigenvalue weighted by Crippen LogP contribution is -1.92. The van der Waals surface area contributed by atoms with Crippen LogP contribution in [0.4, 0.5) is 5.69 Å². The van der Waals surface area contributed by atoms with E-state index >= 15 is 0 Å². The van der Waals surface area contributed by atoms with Gasteiger partial charge in [0.1, 0.15) is 0 Å². The van der Waals surface area contributed by atoms with Gasteiger partial charge in [0.05, 0.1) is 18.2 Å². The Hall–Kier alpha value is -2.01. The molecule has 0 bridgehead atoms. The summed E-state index contributed by atoms with van der Waals surface area (Å²) < 4.78 is 0. The van der Waals surface area contributed by atoms with E-state index in [0.29, 0.717) is 5.56 Å². The lowest BCUT2D eigenvalue weighted by Gasteiger charge is -2.04. The smallest absolute Gasteiger partial charge is 0.0991 e. The molecular weight excluding hydrogens is 232 g/mol. The molecule has 0 fully saturated rings.